The largest absolute Gasteiger partial charge is 0.497 e. The summed E-state index contributed by atoms with van der Waals surface area (Å²) in [5, 5.41) is 0. The lowest BCUT2D eigenvalue weighted by Crippen LogP contribution is -2.39. The van der Waals surface area contributed by atoms with Crippen LogP contribution in [-0.2, 0) is 10.0 Å². The quantitative estimate of drug-likeness (QED) is 0.844. The number of methoxy groups -OCH3 is 1. The van der Waals surface area contributed by atoms with Gasteiger partial charge in [-0.15, -0.1) is 0 Å². The van der Waals surface area contributed by atoms with E-state index in [-0.39, 0.29) is 0 Å². The third kappa shape index (κ3) is 2.67. The molecule has 1 aliphatic heterocycles. The van der Waals surface area contributed by atoms with Crippen LogP contribution in [-0.4, -0.2) is 32.9 Å². The fraction of sp³-hybridized carbons (Fsp3) is 0.538. The Bertz CT molecular complexity index is 495. The zero-order valence-electron chi connectivity index (χ0n) is 10.8. The molecule has 1 aromatic rings. The molecule has 0 aromatic heterocycles. The summed E-state index contributed by atoms with van der Waals surface area (Å²) in [6.45, 7) is 3.34. The molecular weight excluding hydrogens is 250 g/mol. The highest BCUT2D eigenvalue weighted by molar-refractivity contribution is 7.89. The number of piperidine rings is 1. The molecule has 1 aliphatic rings. The van der Waals surface area contributed by atoms with Gasteiger partial charge in [-0.2, -0.15) is 4.31 Å². The molecule has 0 bridgehead atoms. The second-order valence-corrected chi connectivity index (χ2v) is 6.72. The standard InChI is InChI=1S/C13H19NO3S/c1-11-4-3-9-14(10-11)18(15,16)13-7-5-12(17-2)6-8-13/h5-8,11H,3-4,9-10H2,1-2H3/t11-/m1/s1. The third-order valence-corrected chi connectivity index (χ3v) is 5.20. The Morgan fingerprint density at radius 2 is 1.94 bits per heavy atom. The maximum absolute atomic E-state index is 12.4. The first kappa shape index (κ1) is 13.4. The lowest BCUT2D eigenvalue weighted by atomic mass is 10.0. The Hall–Kier alpha value is -1.07. The minimum Gasteiger partial charge on any atom is -0.497 e. The Labute approximate surface area is 109 Å². The Kier molecular flexibility index (Phi) is 3.92. The molecule has 1 heterocycles. The number of rotatable bonds is 3. The molecule has 18 heavy (non-hydrogen) atoms. The normalized spacial score (nSPS) is 21.8. The van der Waals surface area contributed by atoms with Crippen molar-refractivity contribution in [2.45, 2.75) is 24.7 Å². The van der Waals surface area contributed by atoms with Gasteiger partial charge in [-0.3, -0.25) is 0 Å². The van der Waals surface area contributed by atoms with Gasteiger partial charge in [0.2, 0.25) is 10.0 Å². The van der Waals surface area contributed by atoms with E-state index in [2.05, 4.69) is 6.92 Å². The average molecular weight is 269 g/mol. The summed E-state index contributed by atoms with van der Waals surface area (Å²) in [7, 11) is -1.78. The van der Waals surface area contributed by atoms with E-state index in [0.717, 1.165) is 12.8 Å². The summed E-state index contributed by atoms with van der Waals surface area (Å²) in [5.74, 6) is 1.10. The predicted octanol–water partition coefficient (Wildman–Crippen LogP) is 2.12. The van der Waals surface area contributed by atoms with E-state index in [1.54, 1.807) is 35.7 Å². The van der Waals surface area contributed by atoms with Crippen molar-refractivity contribution in [3.05, 3.63) is 24.3 Å². The summed E-state index contributed by atoms with van der Waals surface area (Å²) in [5.41, 5.74) is 0. The average Bonchev–Trinajstić information content (AvgIpc) is 2.39. The number of benzene rings is 1. The van der Waals surface area contributed by atoms with Gasteiger partial charge in [0.15, 0.2) is 0 Å². The van der Waals surface area contributed by atoms with Crippen molar-refractivity contribution in [1.82, 2.24) is 4.31 Å². The van der Waals surface area contributed by atoms with Crippen molar-refractivity contribution in [3.63, 3.8) is 0 Å². The summed E-state index contributed by atoms with van der Waals surface area (Å²) < 4.78 is 31.5. The van der Waals surface area contributed by atoms with E-state index in [9.17, 15) is 8.42 Å². The number of ether oxygens (including phenoxy) is 1. The number of hydrogen-bond acceptors (Lipinski definition) is 3. The van der Waals surface area contributed by atoms with Crippen LogP contribution in [0, 0.1) is 5.92 Å². The highest BCUT2D eigenvalue weighted by Crippen LogP contribution is 2.24. The van der Waals surface area contributed by atoms with Crippen molar-refractivity contribution in [2.24, 2.45) is 5.92 Å². The molecule has 0 radical (unpaired) electrons. The molecule has 1 atom stereocenters. The Morgan fingerprint density at radius 1 is 1.28 bits per heavy atom. The van der Waals surface area contributed by atoms with Crippen LogP contribution in [0.25, 0.3) is 0 Å². The molecule has 4 nitrogen and oxygen atoms in total. The second-order valence-electron chi connectivity index (χ2n) is 4.79. The molecule has 1 fully saturated rings. The van der Waals surface area contributed by atoms with Gasteiger partial charge >= 0.3 is 0 Å². The van der Waals surface area contributed by atoms with Crippen LogP contribution in [0.2, 0.25) is 0 Å². The molecule has 0 unspecified atom stereocenters. The number of nitrogens with zero attached hydrogens (tertiary/aromatic N) is 1. The Morgan fingerprint density at radius 3 is 2.50 bits per heavy atom. The van der Waals surface area contributed by atoms with Gasteiger partial charge in [0.05, 0.1) is 12.0 Å². The van der Waals surface area contributed by atoms with Gasteiger partial charge in [0, 0.05) is 13.1 Å². The summed E-state index contributed by atoms with van der Waals surface area (Å²) in [4.78, 5) is 0.345. The van der Waals surface area contributed by atoms with Gasteiger partial charge in [0.1, 0.15) is 5.75 Å². The monoisotopic (exact) mass is 269 g/mol. The van der Waals surface area contributed by atoms with Crippen molar-refractivity contribution < 1.29 is 13.2 Å². The van der Waals surface area contributed by atoms with Crippen LogP contribution in [0.4, 0.5) is 0 Å². The number of hydrogen-bond donors (Lipinski definition) is 0. The first-order valence-electron chi connectivity index (χ1n) is 6.18. The highest BCUT2D eigenvalue weighted by atomic mass is 32.2. The lowest BCUT2D eigenvalue weighted by Gasteiger charge is -2.30. The van der Waals surface area contributed by atoms with Gasteiger partial charge in [-0.1, -0.05) is 6.92 Å². The van der Waals surface area contributed by atoms with E-state index in [1.807, 2.05) is 0 Å². The first-order chi connectivity index (χ1) is 8.54. The molecule has 0 aliphatic carbocycles. The van der Waals surface area contributed by atoms with Crippen molar-refractivity contribution in [2.75, 3.05) is 20.2 Å². The molecule has 100 valence electrons. The Balaban J connectivity index is 2.23. The summed E-state index contributed by atoms with van der Waals surface area (Å²) >= 11 is 0. The van der Waals surface area contributed by atoms with Gasteiger partial charge in [-0.05, 0) is 43.0 Å². The maximum Gasteiger partial charge on any atom is 0.243 e. The van der Waals surface area contributed by atoms with Crippen LogP contribution < -0.4 is 4.74 Å². The van der Waals surface area contributed by atoms with E-state index >= 15 is 0 Å². The molecule has 0 saturated carbocycles. The first-order valence-corrected chi connectivity index (χ1v) is 7.62. The fourth-order valence-corrected chi connectivity index (χ4v) is 3.86. The van der Waals surface area contributed by atoms with Crippen LogP contribution in [0.1, 0.15) is 19.8 Å². The van der Waals surface area contributed by atoms with E-state index in [0.29, 0.717) is 29.7 Å². The third-order valence-electron chi connectivity index (χ3n) is 3.32. The molecule has 0 spiro atoms. The molecule has 0 N–H and O–H groups in total. The molecular formula is C13H19NO3S. The topological polar surface area (TPSA) is 46.6 Å². The highest BCUT2D eigenvalue weighted by Gasteiger charge is 2.28. The van der Waals surface area contributed by atoms with Gasteiger partial charge < -0.3 is 4.74 Å². The van der Waals surface area contributed by atoms with Gasteiger partial charge in [0.25, 0.3) is 0 Å². The van der Waals surface area contributed by atoms with Gasteiger partial charge in [-0.25, -0.2) is 8.42 Å². The molecule has 1 saturated heterocycles. The fourth-order valence-electron chi connectivity index (χ4n) is 2.26. The molecule has 5 heteroatoms. The van der Waals surface area contributed by atoms with E-state index in [4.69, 9.17) is 4.74 Å². The molecule has 2 rings (SSSR count). The molecule has 0 amide bonds. The van der Waals surface area contributed by atoms with Crippen LogP contribution in [0.5, 0.6) is 5.75 Å². The smallest absolute Gasteiger partial charge is 0.243 e. The van der Waals surface area contributed by atoms with Crippen molar-refractivity contribution in [1.29, 1.82) is 0 Å². The van der Waals surface area contributed by atoms with Crippen LogP contribution in [0.15, 0.2) is 29.2 Å². The van der Waals surface area contributed by atoms with Crippen LogP contribution in [0.3, 0.4) is 0 Å². The summed E-state index contributed by atoms with van der Waals surface area (Å²) in [6, 6.07) is 6.57. The SMILES string of the molecule is COc1ccc(S(=O)(=O)N2CCC[C@@H](C)C2)cc1. The van der Waals surface area contributed by atoms with Crippen molar-refractivity contribution >= 4 is 10.0 Å². The van der Waals surface area contributed by atoms with Crippen molar-refractivity contribution in [3.8, 4) is 5.75 Å². The predicted molar refractivity (Wildman–Crippen MR) is 70.2 cm³/mol. The van der Waals surface area contributed by atoms with E-state index < -0.39 is 10.0 Å². The maximum atomic E-state index is 12.4. The second kappa shape index (κ2) is 5.28. The zero-order valence-corrected chi connectivity index (χ0v) is 11.6. The zero-order chi connectivity index (χ0) is 13.2. The number of sulfonamides is 1. The lowest BCUT2D eigenvalue weighted by molar-refractivity contribution is 0.281. The van der Waals surface area contributed by atoms with Crippen LogP contribution >= 0.6 is 0 Å². The summed E-state index contributed by atoms with van der Waals surface area (Å²) in [6.07, 6.45) is 2.05. The minimum absolute atomic E-state index is 0.345. The molecule has 1 aromatic carbocycles. The van der Waals surface area contributed by atoms with E-state index in [1.165, 1.54) is 0 Å². The minimum atomic E-state index is -3.34.